The van der Waals surface area contributed by atoms with E-state index in [1.54, 1.807) is 0 Å². The number of aryl methyl sites for hydroxylation is 2. The van der Waals surface area contributed by atoms with Crippen LogP contribution >= 0.6 is 15.9 Å². The van der Waals surface area contributed by atoms with Crippen molar-refractivity contribution < 1.29 is 4.79 Å². The van der Waals surface area contributed by atoms with Gasteiger partial charge in [0.25, 0.3) is 0 Å². The minimum atomic E-state index is 0.192. The first-order valence-electron chi connectivity index (χ1n) is 4.48. The lowest BCUT2D eigenvalue weighted by Gasteiger charge is -2.08. The van der Waals surface area contributed by atoms with Gasteiger partial charge in [0.1, 0.15) is 5.78 Å². The molecule has 0 amide bonds. The number of nitrogen functional groups attached to an aromatic ring is 1. The Labute approximate surface area is 92.6 Å². The lowest BCUT2D eigenvalue weighted by molar-refractivity contribution is -0.115. The molecule has 2 N–H and O–H groups in total. The van der Waals surface area contributed by atoms with Gasteiger partial charge < -0.3 is 5.73 Å². The second-order valence-corrected chi connectivity index (χ2v) is 4.05. The van der Waals surface area contributed by atoms with Crippen molar-refractivity contribution in [1.82, 2.24) is 0 Å². The van der Waals surface area contributed by atoms with Gasteiger partial charge in [0, 0.05) is 12.1 Å². The SMILES string of the molecule is Cc1cc(CC(=O)CBr)c(C)cc1N. The summed E-state index contributed by atoms with van der Waals surface area (Å²) in [6.07, 6.45) is 0.484. The van der Waals surface area contributed by atoms with Crippen LogP contribution in [0.2, 0.25) is 0 Å². The van der Waals surface area contributed by atoms with E-state index in [4.69, 9.17) is 5.73 Å². The van der Waals surface area contributed by atoms with Gasteiger partial charge in [-0.2, -0.15) is 0 Å². The number of nitrogens with two attached hydrogens (primary N) is 1. The summed E-state index contributed by atoms with van der Waals surface area (Å²) >= 11 is 3.16. The smallest absolute Gasteiger partial charge is 0.147 e. The molecule has 0 bridgehead atoms. The largest absolute Gasteiger partial charge is 0.399 e. The van der Waals surface area contributed by atoms with E-state index in [2.05, 4.69) is 15.9 Å². The Hall–Kier alpha value is -0.830. The van der Waals surface area contributed by atoms with Crippen molar-refractivity contribution in [3.05, 3.63) is 28.8 Å². The highest BCUT2D eigenvalue weighted by atomic mass is 79.9. The first-order chi connectivity index (χ1) is 6.54. The monoisotopic (exact) mass is 255 g/mol. The highest BCUT2D eigenvalue weighted by molar-refractivity contribution is 9.09. The predicted octanol–water partition coefficient (Wildman–Crippen LogP) is 2.39. The van der Waals surface area contributed by atoms with Gasteiger partial charge >= 0.3 is 0 Å². The molecule has 0 heterocycles. The fraction of sp³-hybridized carbons (Fsp3) is 0.364. The van der Waals surface area contributed by atoms with Crippen molar-refractivity contribution >= 4 is 27.4 Å². The van der Waals surface area contributed by atoms with Crippen LogP contribution in [0.15, 0.2) is 12.1 Å². The number of hydrogen-bond acceptors (Lipinski definition) is 2. The average Bonchev–Trinajstić information content (AvgIpc) is 2.14. The molecule has 0 fully saturated rings. The molecule has 1 rings (SSSR count). The molecule has 0 aromatic heterocycles. The van der Waals surface area contributed by atoms with Crippen LogP contribution in [0.25, 0.3) is 0 Å². The Kier molecular flexibility index (Phi) is 3.69. The van der Waals surface area contributed by atoms with Crippen molar-refractivity contribution in [2.75, 3.05) is 11.1 Å². The highest BCUT2D eigenvalue weighted by Crippen LogP contribution is 2.18. The number of carbonyl (C=O) groups is 1. The number of carbonyl (C=O) groups excluding carboxylic acids is 1. The molecule has 0 spiro atoms. The second-order valence-electron chi connectivity index (χ2n) is 3.48. The molecule has 0 aliphatic carbocycles. The number of ketones is 1. The molecule has 1 aromatic carbocycles. The summed E-state index contributed by atoms with van der Waals surface area (Å²) in [7, 11) is 0. The van der Waals surface area contributed by atoms with Crippen molar-refractivity contribution in [2.45, 2.75) is 20.3 Å². The Morgan fingerprint density at radius 3 is 2.57 bits per heavy atom. The van der Waals surface area contributed by atoms with E-state index in [-0.39, 0.29) is 5.78 Å². The lowest BCUT2D eigenvalue weighted by atomic mass is 10.00. The zero-order chi connectivity index (χ0) is 10.7. The number of hydrogen-bond donors (Lipinski definition) is 1. The molecule has 2 nitrogen and oxygen atoms in total. The zero-order valence-electron chi connectivity index (χ0n) is 8.43. The van der Waals surface area contributed by atoms with Gasteiger partial charge in [-0.05, 0) is 36.6 Å². The van der Waals surface area contributed by atoms with E-state index in [9.17, 15) is 4.79 Å². The summed E-state index contributed by atoms with van der Waals surface area (Å²) in [5.74, 6) is 0.192. The summed E-state index contributed by atoms with van der Waals surface area (Å²) in [5, 5.41) is 0.413. The molecule has 0 saturated heterocycles. The van der Waals surface area contributed by atoms with Crippen LogP contribution in [0.5, 0.6) is 0 Å². The van der Waals surface area contributed by atoms with Crippen LogP contribution in [-0.2, 0) is 11.2 Å². The van der Waals surface area contributed by atoms with Gasteiger partial charge in [0.05, 0.1) is 5.33 Å². The van der Waals surface area contributed by atoms with Gasteiger partial charge in [-0.1, -0.05) is 22.0 Å². The standard InChI is InChI=1S/C11H14BrNO/c1-7-4-11(13)8(2)3-9(7)5-10(14)6-12/h3-4H,5-6,13H2,1-2H3. The Bertz CT molecular complexity index is 361. The van der Waals surface area contributed by atoms with Gasteiger partial charge in [0.15, 0.2) is 0 Å². The topological polar surface area (TPSA) is 43.1 Å². The predicted molar refractivity (Wildman–Crippen MR) is 62.8 cm³/mol. The first kappa shape index (κ1) is 11.2. The van der Waals surface area contributed by atoms with E-state index < -0.39 is 0 Å². The summed E-state index contributed by atoms with van der Waals surface area (Å²) in [4.78, 5) is 11.3. The molecular weight excluding hydrogens is 242 g/mol. The summed E-state index contributed by atoms with van der Waals surface area (Å²) in [5.41, 5.74) is 9.74. The van der Waals surface area contributed by atoms with E-state index in [0.29, 0.717) is 11.8 Å². The van der Waals surface area contributed by atoms with Gasteiger partial charge in [0.2, 0.25) is 0 Å². The molecule has 3 heteroatoms. The van der Waals surface area contributed by atoms with Crippen molar-refractivity contribution in [2.24, 2.45) is 0 Å². The maximum absolute atomic E-state index is 11.3. The molecule has 1 aromatic rings. The van der Waals surface area contributed by atoms with Gasteiger partial charge in [-0.15, -0.1) is 0 Å². The summed E-state index contributed by atoms with van der Waals surface area (Å²) in [6.45, 7) is 3.93. The Morgan fingerprint density at radius 2 is 2.00 bits per heavy atom. The van der Waals surface area contributed by atoms with E-state index in [1.807, 2.05) is 26.0 Å². The normalized spacial score (nSPS) is 10.2. The summed E-state index contributed by atoms with van der Waals surface area (Å²) < 4.78 is 0. The van der Waals surface area contributed by atoms with Crippen LogP contribution in [0.4, 0.5) is 5.69 Å². The third-order valence-electron chi connectivity index (χ3n) is 2.26. The Morgan fingerprint density at radius 1 is 1.36 bits per heavy atom. The minimum absolute atomic E-state index is 0.192. The van der Waals surface area contributed by atoms with Crippen molar-refractivity contribution in [1.29, 1.82) is 0 Å². The van der Waals surface area contributed by atoms with Crippen molar-refractivity contribution in [3.63, 3.8) is 0 Å². The second kappa shape index (κ2) is 4.60. The average molecular weight is 256 g/mol. The fourth-order valence-corrected chi connectivity index (χ4v) is 1.55. The molecule has 14 heavy (non-hydrogen) atoms. The van der Waals surface area contributed by atoms with Gasteiger partial charge in [-0.25, -0.2) is 0 Å². The lowest BCUT2D eigenvalue weighted by Crippen LogP contribution is -2.06. The number of alkyl halides is 1. The van der Waals surface area contributed by atoms with E-state index in [0.717, 1.165) is 22.4 Å². The maximum atomic E-state index is 11.3. The first-order valence-corrected chi connectivity index (χ1v) is 5.60. The minimum Gasteiger partial charge on any atom is -0.399 e. The van der Waals surface area contributed by atoms with Gasteiger partial charge in [-0.3, -0.25) is 4.79 Å². The molecule has 0 atom stereocenters. The number of benzene rings is 1. The third kappa shape index (κ3) is 2.58. The summed E-state index contributed by atoms with van der Waals surface area (Å²) in [6, 6.07) is 3.91. The molecule has 0 unspecified atom stereocenters. The van der Waals surface area contributed by atoms with Crippen LogP contribution in [-0.4, -0.2) is 11.1 Å². The number of halogens is 1. The molecule has 0 radical (unpaired) electrons. The zero-order valence-corrected chi connectivity index (χ0v) is 10.0. The maximum Gasteiger partial charge on any atom is 0.147 e. The third-order valence-corrected chi connectivity index (χ3v) is 2.89. The fourth-order valence-electron chi connectivity index (χ4n) is 1.35. The molecule has 0 saturated carbocycles. The quantitative estimate of drug-likeness (QED) is 0.666. The molecule has 76 valence electrons. The van der Waals surface area contributed by atoms with E-state index in [1.165, 1.54) is 0 Å². The molecular formula is C11H14BrNO. The van der Waals surface area contributed by atoms with Crippen LogP contribution in [0.3, 0.4) is 0 Å². The van der Waals surface area contributed by atoms with Crippen LogP contribution < -0.4 is 5.73 Å². The number of Topliss-reactive ketones (excluding diaryl/α,β-unsaturated/α-hetero) is 1. The van der Waals surface area contributed by atoms with Crippen molar-refractivity contribution in [3.8, 4) is 0 Å². The molecule has 0 aliphatic rings. The Balaban J connectivity index is 2.98. The number of anilines is 1. The highest BCUT2D eigenvalue weighted by Gasteiger charge is 2.06. The number of rotatable bonds is 3. The molecule has 0 aliphatic heterocycles. The van der Waals surface area contributed by atoms with Crippen LogP contribution in [0.1, 0.15) is 16.7 Å². The van der Waals surface area contributed by atoms with Crippen LogP contribution in [0, 0.1) is 13.8 Å². The van der Waals surface area contributed by atoms with E-state index >= 15 is 0 Å².